The number of nitrogens with one attached hydrogen (secondary N) is 3. The lowest BCUT2D eigenvalue weighted by Gasteiger charge is -2.13. The highest BCUT2D eigenvalue weighted by atomic mass is 16.2. The molecule has 0 saturated heterocycles. The first-order valence-corrected chi connectivity index (χ1v) is 6.26. The van der Waals surface area contributed by atoms with Crippen molar-refractivity contribution in [3.05, 3.63) is 29.3 Å². The van der Waals surface area contributed by atoms with E-state index in [1.807, 2.05) is 13.0 Å². The van der Waals surface area contributed by atoms with Gasteiger partial charge in [0.25, 0.3) is 5.91 Å². The third kappa shape index (κ3) is 4.43. The van der Waals surface area contributed by atoms with Gasteiger partial charge in [-0.05, 0) is 24.6 Å². The minimum absolute atomic E-state index is 0.195. The number of hydrogen-bond acceptors (Lipinski definition) is 4. The van der Waals surface area contributed by atoms with Gasteiger partial charge in [0, 0.05) is 27.2 Å². The maximum absolute atomic E-state index is 12.0. The van der Waals surface area contributed by atoms with Crippen molar-refractivity contribution in [3.8, 4) is 0 Å². The molecule has 20 heavy (non-hydrogen) atoms. The summed E-state index contributed by atoms with van der Waals surface area (Å²) >= 11 is 0. The van der Waals surface area contributed by atoms with E-state index in [1.165, 1.54) is 4.90 Å². The van der Waals surface area contributed by atoms with E-state index in [9.17, 15) is 9.59 Å². The Morgan fingerprint density at radius 3 is 2.45 bits per heavy atom. The van der Waals surface area contributed by atoms with Gasteiger partial charge in [-0.1, -0.05) is 6.07 Å². The second-order valence-electron chi connectivity index (χ2n) is 4.58. The molecule has 5 N–H and O–H groups in total. The third-order valence-corrected chi connectivity index (χ3v) is 2.67. The van der Waals surface area contributed by atoms with Crippen molar-refractivity contribution in [2.45, 2.75) is 6.92 Å². The van der Waals surface area contributed by atoms with Crippen molar-refractivity contribution >= 4 is 17.6 Å². The van der Waals surface area contributed by atoms with Crippen molar-refractivity contribution in [2.24, 2.45) is 5.84 Å². The quantitative estimate of drug-likeness (QED) is 0.353. The fourth-order valence-electron chi connectivity index (χ4n) is 1.57. The van der Waals surface area contributed by atoms with Gasteiger partial charge in [-0.2, -0.15) is 0 Å². The van der Waals surface area contributed by atoms with Crippen LogP contribution < -0.4 is 21.9 Å². The monoisotopic (exact) mass is 279 g/mol. The Bertz CT molecular complexity index is 488. The molecule has 7 heteroatoms. The minimum Gasteiger partial charge on any atom is -0.350 e. The summed E-state index contributed by atoms with van der Waals surface area (Å²) in [5, 5.41) is 5.38. The lowest BCUT2D eigenvalue weighted by molar-refractivity contribution is 0.0954. The Kier molecular flexibility index (Phi) is 5.79. The van der Waals surface area contributed by atoms with Gasteiger partial charge in [-0.25, -0.2) is 4.79 Å². The maximum atomic E-state index is 12.0. The summed E-state index contributed by atoms with van der Waals surface area (Å²) in [7, 11) is 3.30. The molecule has 0 aromatic heterocycles. The van der Waals surface area contributed by atoms with Crippen LogP contribution in [0.4, 0.5) is 10.5 Å². The average Bonchev–Trinajstić information content (AvgIpc) is 2.42. The fourth-order valence-corrected chi connectivity index (χ4v) is 1.57. The van der Waals surface area contributed by atoms with Crippen molar-refractivity contribution in [1.82, 2.24) is 15.5 Å². The lowest BCUT2D eigenvalue weighted by Crippen LogP contribution is -2.39. The topological polar surface area (TPSA) is 99.5 Å². The first-order chi connectivity index (χ1) is 9.45. The van der Waals surface area contributed by atoms with Crippen LogP contribution in [0.5, 0.6) is 0 Å². The van der Waals surface area contributed by atoms with Crippen molar-refractivity contribution < 1.29 is 9.59 Å². The molecule has 7 nitrogen and oxygen atoms in total. The second-order valence-corrected chi connectivity index (χ2v) is 4.58. The predicted octanol–water partition coefficient (Wildman–Crippen LogP) is 0.282. The van der Waals surface area contributed by atoms with Crippen LogP contribution in [0.1, 0.15) is 15.9 Å². The van der Waals surface area contributed by atoms with Crippen LogP contribution in [0.25, 0.3) is 0 Å². The van der Waals surface area contributed by atoms with E-state index in [0.717, 1.165) is 5.56 Å². The second kappa shape index (κ2) is 7.34. The molecule has 0 saturated carbocycles. The first kappa shape index (κ1) is 15.8. The Balaban J connectivity index is 2.49. The number of hydrazine groups is 1. The van der Waals surface area contributed by atoms with Crippen LogP contribution in [0.15, 0.2) is 18.2 Å². The number of aryl methyl sites for hydroxylation is 1. The molecule has 0 spiro atoms. The number of rotatable bonds is 5. The molecule has 0 aliphatic carbocycles. The van der Waals surface area contributed by atoms with Gasteiger partial charge in [-0.3, -0.25) is 10.6 Å². The number of anilines is 1. The molecule has 1 aromatic rings. The SMILES string of the molecule is Cc1ccc(C(=O)NCCNC(=O)N(C)C)c(NN)c1. The van der Waals surface area contributed by atoms with Crippen LogP contribution in [0.2, 0.25) is 0 Å². The zero-order valence-corrected chi connectivity index (χ0v) is 12.0. The molecule has 1 aromatic carbocycles. The van der Waals surface area contributed by atoms with Gasteiger partial charge < -0.3 is 21.0 Å². The molecule has 0 unspecified atom stereocenters. The first-order valence-electron chi connectivity index (χ1n) is 6.26. The van der Waals surface area contributed by atoms with Gasteiger partial charge in [-0.15, -0.1) is 0 Å². The molecule has 0 fully saturated rings. The number of nitrogens with zero attached hydrogens (tertiary/aromatic N) is 1. The molecule has 1 rings (SSSR count). The van der Waals surface area contributed by atoms with Crippen molar-refractivity contribution in [1.29, 1.82) is 0 Å². The largest absolute Gasteiger partial charge is 0.350 e. The summed E-state index contributed by atoms with van der Waals surface area (Å²) in [4.78, 5) is 24.7. The standard InChI is InChI=1S/C13H21N5O2/c1-9-4-5-10(11(8-9)17-14)12(19)15-6-7-16-13(20)18(2)3/h4-5,8,17H,6-7,14H2,1-3H3,(H,15,19)(H,16,20). The Morgan fingerprint density at radius 1 is 1.20 bits per heavy atom. The van der Waals surface area contributed by atoms with E-state index >= 15 is 0 Å². The van der Waals surface area contributed by atoms with E-state index in [4.69, 9.17) is 5.84 Å². The predicted molar refractivity (Wildman–Crippen MR) is 78.4 cm³/mol. The number of carbonyl (C=O) groups is 2. The molecule has 0 aliphatic rings. The molecule has 3 amide bonds. The minimum atomic E-state index is -0.239. The molecule has 0 radical (unpaired) electrons. The summed E-state index contributed by atoms with van der Waals surface area (Å²) < 4.78 is 0. The van der Waals surface area contributed by atoms with Gasteiger partial charge in [0.2, 0.25) is 0 Å². The van der Waals surface area contributed by atoms with Crippen molar-refractivity contribution in [2.75, 3.05) is 32.6 Å². The molecule has 110 valence electrons. The highest BCUT2D eigenvalue weighted by molar-refractivity contribution is 5.99. The number of nitrogens with two attached hydrogens (primary N) is 1. The molecule has 0 bridgehead atoms. The smallest absolute Gasteiger partial charge is 0.316 e. The molecule has 0 aliphatic heterocycles. The molecular formula is C13H21N5O2. The molecular weight excluding hydrogens is 258 g/mol. The number of hydrogen-bond donors (Lipinski definition) is 4. The summed E-state index contributed by atoms with van der Waals surface area (Å²) in [6, 6.07) is 5.14. The molecule has 0 atom stereocenters. The van der Waals surface area contributed by atoms with Gasteiger partial charge >= 0.3 is 6.03 Å². The van der Waals surface area contributed by atoms with Gasteiger partial charge in [0.15, 0.2) is 0 Å². The fraction of sp³-hybridized carbons (Fsp3) is 0.385. The van der Waals surface area contributed by atoms with Crippen LogP contribution in [-0.2, 0) is 0 Å². The maximum Gasteiger partial charge on any atom is 0.316 e. The number of nitrogen functional groups attached to an aromatic ring is 1. The van der Waals surface area contributed by atoms with Gasteiger partial charge in [0.05, 0.1) is 11.3 Å². The van der Waals surface area contributed by atoms with E-state index in [-0.39, 0.29) is 11.9 Å². The number of amides is 3. The van der Waals surface area contributed by atoms with E-state index in [1.54, 1.807) is 26.2 Å². The van der Waals surface area contributed by atoms with E-state index in [0.29, 0.717) is 24.3 Å². The highest BCUT2D eigenvalue weighted by Crippen LogP contribution is 2.16. The normalized spacial score (nSPS) is 9.80. The third-order valence-electron chi connectivity index (χ3n) is 2.67. The van der Waals surface area contributed by atoms with Crippen LogP contribution in [0.3, 0.4) is 0 Å². The lowest BCUT2D eigenvalue weighted by atomic mass is 10.1. The van der Waals surface area contributed by atoms with Crippen molar-refractivity contribution in [3.63, 3.8) is 0 Å². The number of urea groups is 1. The Hall–Kier alpha value is -2.28. The summed E-state index contributed by atoms with van der Waals surface area (Å²) in [6.07, 6.45) is 0. The van der Waals surface area contributed by atoms with Gasteiger partial charge in [0.1, 0.15) is 0 Å². The molecule has 0 heterocycles. The van der Waals surface area contributed by atoms with Crippen LogP contribution in [-0.4, -0.2) is 44.0 Å². The summed E-state index contributed by atoms with van der Waals surface area (Å²) in [5.74, 6) is 5.15. The zero-order valence-electron chi connectivity index (χ0n) is 12.0. The summed E-state index contributed by atoms with van der Waals surface area (Å²) in [5.41, 5.74) is 4.55. The van der Waals surface area contributed by atoms with E-state index < -0.39 is 0 Å². The summed E-state index contributed by atoms with van der Waals surface area (Å²) in [6.45, 7) is 2.62. The zero-order chi connectivity index (χ0) is 15.1. The van der Waals surface area contributed by atoms with E-state index in [2.05, 4.69) is 16.1 Å². The Morgan fingerprint density at radius 2 is 1.85 bits per heavy atom. The number of carbonyl (C=O) groups excluding carboxylic acids is 2. The van der Waals surface area contributed by atoms with Crippen LogP contribution in [0, 0.1) is 6.92 Å². The number of benzene rings is 1. The highest BCUT2D eigenvalue weighted by Gasteiger charge is 2.10. The Labute approximate surface area is 118 Å². The van der Waals surface area contributed by atoms with Crippen LogP contribution >= 0.6 is 0 Å². The average molecular weight is 279 g/mol.